The molecular formula is C22H24BrClFN5O2. The first kappa shape index (κ1) is 22.8. The molecule has 0 amide bonds. The lowest BCUT2D eigenvalue weighted by molar-refractivity contribution is 0.391. The van der Waals surface area contributed by atoms with Crippen molar-refractivity contribution in [1.29, 1.82) is 0 Å². The SMILES string of the molecule is COc1ccc(CNc2nc(N3CCNC[C@@H]3C)c3cc(Cl)c(Br)c(F)c3n2)c(OC)c1. The fourth-order valence-electron chi connectivity index (χ4n) is 3.78. The smallest absolute Gasteiger partial charge is 0.225 e. The number of methoxy groups -OCH3 is 2. The molecule has 4 rings (SSSR count). The van der Waals surface area contributed by atoms with E-state index >= 15 is 4.39 Å². The van der Waals surface area contributed by atoms with Crippen molar-refractivity contribution in [1.82, 2.24) is 15.3 Å². The highest BCUT2D eigenvalue weighted by molar-refractivity contribution is 9.10. The van der Waals surface area contributed by atoms with Gasteiger partial charge in [-0.3, -0.25) is 0 Å². The molecule has 0 spiro atoms. The Morgan fingerprint density at radius 2 is 2.09 bits per heavy atom. The summed E-state index contributed by atoms with van der Waals surface area (Å²) in [6, 6.07) is 7.46. The number of anilines is 2. The second-order valence-electron chi connectivity index (χ2n) is 7.53. The lowest BCUT2D eigenvalue weighted by atomic mass is 10.1. The summed E-state index contributed by atoms with van der Waals surface area (Å²) in [5.41, 5.74) is 1.10. The van der Waals surface area contributed by atoms with Gasteiger partial charge in [0, 0.05) is 49.2 Å². The van der Waals surface area contributed by atoms with Gasteiger partial charge in [0.2, 0.25) is 5.95 Å². The molecule has 7 nitrogen and oxygen atoms in total. The molecular weight excluding hydrogens is 501 g/mol. The van der Waals surface area contributed by atoms with E-state index in [1.807, 2.05) is 18.2 Å². The average Bonchev–Trinajstić information content (AvgIpc) is 2.81. The molecule has 0 unspecified atom stereocenters. The Labute approximate surface area is 199 Å². The van der Waals surface area contributed by atoms with Gasteiger partial charge in [-0.25, -0.2) is 9.37 Å². The van der Waals surface area contributed by atoms with E-state index in [0.29, 0.717) is 35.2 Å². The van der Waals surface area contributed by atoms with Crippen LogP contribution < -0.4 is 25.0 Å². The minimum Gasteiger partial charge on any atom is -0.497 e. The van der Waals surface area contributed by atoms with Crippen molar-refractivity contribution in [2.24, 2.45) is 0 Å². The van der Waals surface area contributed by atoms with Gasteiger partial charge in [0.1, 0.15) is 22.8 Å². The van der Waals surface area contributed by atoms with Crippen LogP contribution in [0.2, 0.25) is 5.02 Å². The maximum Gasteiger partial charge on any atom is 0.225 e. The molecule has 170 valence electrons. The van der Waals surface area contributed by atoms with Crippen molar-refractivity contribution in [2.45, 2.75) is 19.5 Å². The minimum absolute atomic E-state index is 0.182. The maximum absolute atomic E-state index is 15.1. The third-order valence-electron chi connectivity index (χ3n) is 5.51. The number of benzene rings is 2. The third kappa shape index (κ3) is 4.42. The number of piperazine rings is 1. The zero-order chi connectivity index (χ0) is 22.8. The molecule has 1 aliphatic heterocycles. The zero-order valence-electron chi connectivity index (χ0n) is 18.0. The molecule has 0 bridgehead atoms. The Hall–Kier alpha value is -2.36. The first-order valence-electron chi connectivity index (χ1n) is 10.2. The molecule has 1 aromatic heterocycles. The summed E-state index contributed by atoms with van der Waals surface area (Å²) in [6.45, 7) is 4.87. The highest BCUT2D eigenvalue weighted by Gasteiger charge is 2.25. The van der Waals surface area contributed by atoms with E-state index in [2.05, 4.69) is 43.4 Å². The topological polar surface area (TPSA) is 71.5 Å². The number of rotatable bonds is 6. The Morgan fingerprint density at radius 1 is 1.28 bits per heavy atom. The van der Waals surface area contributed by atoms with Crippen LogP contribution in [0.5, 0.6) is 11.5 Å². The lowest BCUT2D eigenvalue weighted by Crippen LogP contribution is -2.50. The zero-order valence-corrected chi connectivity index (χ0v) is 20.3. The summed E-state index contributed by atoms with van der Waals surface area (Å²) < 4.78 is 26.0. The van der Waals surface area contributed by atoms with E-state index in [-0.39, 0.29) is 21.1 Å². The molecule has 32 heavy (non-hydrogen) atoms. The van der Waals surface area contributed by atoms with Crippen molar-refractivity contribution in [3.05, 3.63) is 45.1 Å². The monoisotopic (exact) mass is 523 g/mol. The summed E-state index contributed by atoms with van der Waals surface area (Å²) >= 11 is 9.49. The molecule has 10 heteroatoms. The number of hydrogen-bond acceptors (Lipinski definition) is 7. The second kappa shape index (κ2) is 9.64. The van der Waals surface area contributed by atoms with Gasteiger partial charge in [-0.1, -0.05) is 11.6 Å². The molecule has 2 N–H and O–H groups in total. The Bertz CT molecular complexity index is 1150. The van der Waals surface area contributed by atoms with Gasteiger partial charge in [-0.15, -0.1) is 0 Å². The van der Waals surface area contributed by atoms with Gasteiger partial charge in [-0.05, 0) is 41.1 Å². The van der Waals surface area contributed by atoms with E-state index < -0.39 is 5.82 Å². The quantitative estimate of drug-likeness (QED) is 0.456. The average molecular weight is 525 g/mol. The van der Waals surface area contributed by atoms with Crippen molar-refractivity contribution < 1.29 is 13.9 Å². The fraction of sp³-hybridized carbons (Fsp3) is 0.364. The van der Waals surface area contributed by atoms with Crippen LogP contribution in [-0.4, -0.2) is 49.9 Å². The summed E-state index contributed by atoms with van der Waals surface area (Å²) in [7, 11) is 3.21. The number of nitrogens with one attached hydrogen (secondary N) is 2. The number of halogens is 3. The third-order valence-corrected chi connectivity index (χ3v) is 6.81. The highest BCUT2D eigenvalue weighted by Crippen LogP contribution is 2.36. The molecule has 0 saturated carbocycles. The first-order chi connectivity index (χ1) is 15.4. The summed E-state index contributed by atoms with van der Waals surface area (Å²) in [5, 5.41) is 7.45. The van der Waals surface area contributed by atoms with Crippen molar-refractivity contribution in [3.8, 4) is 11.5 Å². The summed E-state index contributed by atoms with van der Waals surface area (Å²) in [5.74, 6) is 1.84. The summed E-state index contributed by atoms with van der Waals surface area (Å²) in [6.07, 6.45) is 0. The molecule has 3 aromatic rings. The Balaban J connectivity index is 1.75. The van der Waals surface area contributed by atoms with Crippen LogP contribution >= 0.6 is 27.5 Å². The predicted octanol–water partition coefficient (Wildman–Crippen LogP) is 4.61. The van der Waals surface area contributed by atoms with Crippen LogP contribution in [0, 0.1) is 5.82 Å². The number of aromatic nitrogens is 2. The van der Waals surface area contributed by atoms with Crippen LogP contribution in [-0.2, 0) is 6.54 Å². The molecule has 1 atom stereocenters. The van der Waals surface area contributed by atoms with Gasteiger partial charge in [0.25, 0.3) is 0 Å². The Morgan fingerprint density at radius 3 is 2.81 bits per heavy atom. The molecule has 2 aromatic carbocycles. The molecule has 0 aliphatic carbocycles. The molecule has 0 radical (unpaired) electrons. The van der Waals surface area contributed by atoms with E-state index in [0.717, 1.165) is 25.2 Å². The van der Waals surface area contributed by atoms with E-state index in [4.69, 9.17) is 26.1 Å². The van der Waals surface area contributed by atoms with Crippen LogP contribution in [0.4, 0.5) is 16.2 Å². The van der Waals surface area contributed by atoms with Crippen LogP contribution in [0.1, 0.15) is 12.5 Å². The highest BCUT2D eigenvalue weighted by atomic mass is 79.9. The number of ether oxygens (including phenoxy) is 2. The van der Waals surface area contributed by atoms with Crippen LogP contribution in [0.3, 0.4) is 0 Å². The number of nitrogens with zero attached hydrogens (tertiary/aromatic N) is 3. The standard InChI is InChI=1S/C22H24BrClFN5O2/c1-12-10-26-6-7-30(12)21-15-9-16(24)18(23)19(25)20(15)28-22(29-21)27-11-13-4-5-14(31-2)8-17(13)32-3/h4-5,8-9,12,26H,6-7,10-11H2,1-3H3,(H,27,28,29)/t12-/m0/s1. The molecule has 2 heterocycles. The van der Waals surface area contributed by atoms with Crippen LogP contribution in [0.25, 0.3) is 10.9 Å². The molecule has 1 saturated heterocycles. The van der Waals surface area contributed by atoms with E-state index in [9.17, 15) is 0 Å². The molecule has 1 fully saturated rings. The van der Waals surface area contributed by atoms with E-state index in [1.54, 1.807) is 20.3 Å². The predicted molar refractivity (Wildman–Crippen MR) is 129 cm³/mol. The maximum atomic E-state index is 15.1. The van der Waals surface area contributed by atoms with Gasteiger partial charge in [0.15, 0.2) is 5.82 Å². The van der Waals surface area contributed by atoms with Crippen LogP contribution in [0.15, 0.2) is 28.7 Å². The fourth-order valence-corrected chi connectivity index (χ4v) is 4.28. The largest absolute Gasteiger partial charge is 0.497 e. The van der Waals surface area contributed by atoms with Crippen molar-refractivity contribution >= 4 is 50.2 Å². The van der Waals surface area contributed by atoms with Gasteiger partial charge >= 0.3 is 0 Å². The van der Waals surface area contributed by atoms with Gasteiger partial charge in [-0.2, -0.15) is 4.98 Å². The normalized spacial score (nSPS) is 16.3. The first-order valence-corrected chi connectivity index (χ1v) is 11.4. The number of hydrogen-bond donors (Lipinski definition) is 2. The minimum atomic E-state index is -0.510. The second-order valence-corrected chi connectivity index (χ2v) is 8.73. The Kier molecular flexibility index (Phi) is 6.88. The van der Waals surface area contributed by atoms with Crippen molar-refractivity contribution in [3.63, 3.8) is 0 Å². The van der Waals surface area contributed by atoms with Gasteiger partial charge < -0.3 is 25.0 Å². The lowest BCUT2D eigenvalue weighted by Gasteiger charge is -2.35. The van der Waals surface area contributed by atoms with E-state index in [1.165, 1.54) is 0 Å². The summed E-state index contributed by atoms with van der Waals surface area (Å²) in [4.78, 5) is 11.4. The molecule has 1 aliphatic rings. The van der Waals surface area contributed by atoms with Crippen molar-refractivity contribution in [2.75, 3.05) is 44.1 Å². The van der Waals surface area contributed by atoms with Gasteiger partial charge in [0.05, 0.1) is 23.7 Å². The number of fused-ring (bicyclic) bond motifs is 1.